The quantitative estimate of drug-likeness (QED) is 0.0247. The van der Waals surface area contributed by atoms with Crippen molar-refractivity contribution in [1.82, 2.24) is 10.6 Å². The molecule has 2 amide bonds. The lowest BCUT2D eigenvalue weighted by Crippen LogP contribution is -2.69. The molecule has 5 heterocycles. The second-order valence-corrected chi connectivity index (χ2v) is 16.9. The molecule has 29 heteroatoms. The largest absolute Gasteiger partial charge is 0.394 e. The minimum absolute atomic E-state index is 0.0397. The van der Waals surface area contributed by atoms with E-state index >= 15 is 0 Å². The van der Waals surface area contributed by atoms with E-state index < -0.39 is 178 Å². The molecule has 0 aromatic rings. The first kappa shape index (κ1) is 55.3. The van der Waals surface area contributed by atoms with Gasteiger partial charge in [0.1, 0.15) is 104 Å². The van der Waals surface area contributed by atoms with Crippen molar-refractivity contribution < 1.29 is 118 Å². The summed E-state index contributed by atoms with van der Waals surface area (Å²) in [6.07, 6.45) is -40.5. The summed E-state index contributed by atoms with van der Waals surface area (Å²) in [4.78, 5) is 27.4. The van der Waals surface area contributed by atoms with Gasteiger partial charge in [-0.1, -0.05) is 5.11 Å². The number of nitrogens with one attached hydrogen (secondary N) is 2. The van der Waals surface area contributed by atoms with E-state index in [1.54, 1.807) is 0 Å². The highest BCUT2D eigenvalue weighted by Gasteiger charge is 2.57. The fraction of sp³-hybridized carbons (Fsp3) is 0.947. The lowest BCUT2D eigenvalue weighted by molar-refractivity contribution is -0.402. The summed E-state index contributed by atoms with van der Waals surface area (Å²) in [6.45, 7) is 3.33. The molecule has 5 rings (SSSR count). The molecule has 25 atom stereocenters. The second kappa shape index (κ2) is 25.0. The highest BCUT2D eigenvalue weighted by Crippen LogP contribution is 2.37. The lowest BCUT2D eigenvalue weighted by Gasteiger charge is -2.51. The van der Waals surface area contributed by atoms with Gasteiger partial charge in [-0.15, -0.1) is 0 Å². The summed E-state index contributed by atoms with van der Waals surface area (Å²) in [6, 6.07) is -1.42. The van der Waals surface area contributed by atoms with Gasteiger partial charge in [0.15, 0.2) is 31.5 Å². The Morgan fingerprint density at radius 3 is 1.72 bits per heavy atom. The third kappa shape index (κ3) is 13.2. The molecule has 5 saturated heterocycles. The topological polar surface area (TPSA) is 442 Å². The van der Waals surface area contributed by atoms with Crippen molar-refractivity contribution in [1.29, 1.82) is 0 Å². The van der Waals surface area contributed by atoms with Crippen molar-refractivity contribution in [2.45, 2.75) is 194 Å². The van der Waals surface area contributed by atoms with E-state index in [0.29, 0.717) is 0 Å². The molecule has 386 valence electrons. The monoisotopic (exact) mass is 975 g/mol. The Bertz CT molecular complexity index is 1620. The van der Waals surface area contributed by atoms with Gasteiger partial charge in [0.05, 0.1) is 38.1 Å². The van der Waals surface area contributed by atoms with Gasteiger partial charge in [-0.25, -0.2) is 0 Å². The number of amides is 2. The Hall–Kier alpha value is -2.63. The Morgan fingerprint density at radius 1 is 0.582 bits per heavy atom. The van der Waals surface area contributed by atoms with Gasteiger partial charge >= 0.3 is 0 Å². The van der Waals surface area contributed by atoms with Crippen LogP contribution in [-0.4, -0.2) is 259 Å². The van der Waals surface area contributed by atoms with E-state index in [1.807, 2.05) is 0 Å². The fourth-order valence-corrected chi connectivity index (χ4v) is 8.20. The lowest BCUT2D eigenvalue weighted by atomic mass is 9.94. The van der Waals surface area contributed by atoms with E-state index in [0.717, 1.165) is 6.92 Å². The van der Waals surface area contributed by atoms with E-state index in [4.69, 9.17) is 52.9 Å². The van der Waals surface area contributed by atoms with Crippen molar-refractivity contribution in [3.63, 3.8) is 0 Å². The summed E-state index contributed by atoms with van der Waals surface area (Å²) in [7, 11) is 0. The van der Waals surface area contributed by atoms with Crippen molar-refractivity contribution in [2.24, 2.45) is 5.11 Å². The molecule has 0 saturated carbocycles. The molecule has 5 aliphatic rings. The van der Waals surface area contributed by atoms with Crippen molar-refractivity contribution in [3.8, 4) is 0 Å². The number of ether oxygens (including phenoxy) is 10. The molecule has 0 spiro atoms. The van der Waals surface area contributed by atoms with E-state index in [2.05, 4.69) is 20.7 Å². The number of azide groups is 1. The average Bonchev–Trinajstić information content (AvgIpc) is 3.29. The number of nitrogens with zero attached hydrogens (tertiary/aromatic N) is 3. The van der Waals surface area contributed by atoms with Gasteiger partial charge < -0.3 is 119 Å². The number of aliphatic hydroxyl groups is 12. The SMILES string of the molecule is CC(=O)N[C@H]1[C@H](OCCNC(=O)CCCN=[N+]=[N-])O[C@H](CO)[C@@H](O)[C@@H]1O[C@@H]1O[C@@H](C)[C@H](O[C@H]2O[C@H](CO)[C@@H](O)[C@H](O)[C@H]2O)[C@@H](O[C@@H]2O[C@@H](C)[C@H](O)[C@@H](O)[C@H]2O[C@@H]2O[C@@H](C)[C@H](O)[C@@H](O)[C@H]2O)[C@H]1O. The number of carbonyl (C=O) groups is 2. The van der Waals surface area contributed by atoms with Gasteiger partial charge in [0, 0.05) is 31.3 Å². The third-order valence-electron chi connectivity index (χ3n) is 12.0. The van der Waals surface area contributed by atoms with Gasteiger partial charge in [-0.2, -0.15) is 0 Å². The van der Waals surface area contributed by atoms with Crippen LogP contribution in [0.5, 0.6) is 0 Å². The predicted octanol–water partition coefficient (Wildman–Crippen LogP) is -7.47. The van der Waals surface area contributed by atoms with Crippen LogP contribution in [0.3, 0.4) is 0 Å². The molecule has 5 aliphatic heterocycles. The average molecular weight is 976 g/mol. The number of carbonyl (C=O) groups excluding carboxylic acids is 2. The maximum absolute atomic E-state index is 12.6. The molecule has 0 aliphatic carbocycles. The number of hydrogen-bond donors (Lipinski definition) is 14. The van der Waals surface area contributed by atoms with Gasteiger partial charge in [0.2, 0.25) is 11.8 Å². The molecular formula is C38H65N5O24. The van der Waals surface area contributed by atoms with Crippen LogP contribution in [0.2, 0.25) is 0 Å². The molecule has 0 unspecified atom stereocenters. The highest BCUT2D eigenvalue weighted by atomic mass is 16.8. The molecule has 67 heavy (non-hydrogen) atoms. The summed E-state index contributed by atoms with van der Waals surface area (Å²) in [5, 5.41) is 138. The normalized spacial score (nSPS) is 46.0. The van der Waals surface area contributed by atoms with Crippen LogP contribution in [0.15, 0.2) is 5.11 Å². The zero-order chi connectivity index (χ0) is 49.4. The van der Waals surface area contributed by atoms with Crippen LogP contribution in [-0.2, 0) is 57.0 Å². The van der Waals surface area contributed by atoms with Crippen molar-refractivity contribution in [3.05, 3.63) is 10.4 Å². The van der Waals surface area contributed by atoms with Crippen LogP contribution in [0.4, 0.5) is 0 Å². The smallest absolute Gasteiger partial charge is 0.220 e. The van der Waals surface area contributed by atoms with Gasteiger partial charge in [-0.3, -0.25) is 9.59 Å². The van der Waals surface area contributed by atoms with E-state index in [-0.39, 0.29) is 32.5 Å². The predicted molar refractivity (Wildman–Crippen MR) is 214 cm³/mol. The van der Waals surface area contributed by atoms with Crippen LogP contribution in [0.25, 0.3) is 10.4 Å². The van der Waals surface area contributed by atoms with Crippen LogP contribution in [0, 0.1) is 0 Å². The van der Waals surface area contributed by atoms with Crippen molar-refractivity contribution in [2.75, 3.05) is 32.9 Å². The van der Waals surface area contributed by atoms with E-state index in [9.17, 15) is 70.9 Å². The minimum atomic E-state index is -2.10. The molecule has 0 bridgehead atoms. The van der Waals surface area contributed by atoms with E-state index in [1.165, 1.54) is 20.8 Å². The molecule has 14 N–H and O–H groups in total. The molecular weight excluding hydrogens is 910 g/mol. The molecule has 0 aromatic heterocycles. The second-order valence-electron chi connectivity index (χ2n) is 16.9. The summed E-state index contributed by atoms with van der Waals surface area (Å²) in [5.74, 6) is -1.07. The first-order chi connectivity index (χ1) is 31.7. The Balaban J connectivity index is 1.44. The molecule has 5 fully saturated rings. The van der Waals surface area contributed by atoms with Crippen LogP contribution in [0.1, 0.15) is 40.5 Å². The summed E-state index contributed by atoms with van der Waals surface area (Å²) < 4.78 is 59.1. The minimum Gasteiger partial charge on any atom is -0.394 e. The highest BCUT2D eigenvalue weighted by molar-refractivity contribution is 5.75. The molecule has 29 nitrogen and oxygen atoms in total. The Labute approximate surface area is 382 Å². The van der Waals surface area contributed by atoms with Crippen LogP contribution < -0.4 is 10.6 Å². The number of hydrogen-bond acceptors (Lipinski definition) is 25. The number of aliphatic hydroxyl groups excluding tert-OH is 12. The van der Waals surface area contributed by atoms with Crippen molar-refractivity contribution >= 4 is 11.8 Å². The van der Waals surface area contributed by atoms with Gasteiger partial charge in [-0.05, 0) is 32.7 Å². The zero-order valence-electron chi connectivity index (χ0n) is 37.0. The van der Waals surface area contributed by atoms with Gasteiger partial charge in [0.25, 0.3) is 0 Å². The summed E-state index contributed by atoms with van der Waals surface area (Å²) in [5.41, 5.74) is 8.43. The first-order valence-corrected chi connectivity index (χ1v) is 21.8. The fourth-order valence-electron chi connectivity index (χ4n) is 8.20. The Morgan fingerprint density at radius 2 is 1.09 bits per heavy atom. The molecule has 0 radical (unpaired) electrons. The maximum atomic E-state index is 12.6. The standard InChI is InChI=1S/C38H65N5O24/c1-12-20(48)24(52)27(55)35(59-12)67-33-26(54)21(49)13(2)60-38(33)66-32-29(57)37(61-14(3)30(32)64-36-28(56)25(53)22(50)16(10-44)63-36)65-31-19(42-15(4)46)34(62-17(11-45)23(31)51)58-9-8-40-18(47)6-5-7-41-43-39/h12-14,16-17,19-38,44-45,48-57H,5-11H2,1-4H3,(H,40,47)(H,42,46)/t12-,13-,14-,16+,17+,19+,20-,21-,22+,23+,24+,25-,26+,27+,28+,29+,30-,31+,32-,33+,34+,35-,36+,37-,38-/m0/s1. The van der Waals surface area contributed by atoms with Crippen LogP contribution >= 0.6 is 0 Å². The maximum Gasteiger partial charge on any atom is 0.220 e. The third-order valence-corrected chi connectivity index (χ3v) is 12.0. The molecule has 0 aromatic carbocycles. The number of rotatable bonds is 19. The Kier molecular flexibility index (Phi) is 20.6. The first-order valence-electron chi connectivity index (χ1n) is 21.8. The summed E-state index contributed by atoms with van der Waals surface area (Å²) >= 11 is 0. The zero-order valence-corrected chi connectivity index (χ0v) is 37.0.